The average molecular weight is 290 g/mol. The van der Waals surface area contributed by atoms with E-state index >= 15 is 0 Å². The van der Waals surface area contributed by atoms with Gasteiger partial charge in [0.2, 0.25) is 0 Å². The van der Waals surface area contributed by atoms with Crippen molar-refractivity contribution in [2.75, 3.05) is 40.0 Å². The molecule has 0 aliphatic rings. The number of carbonyl (C=O) groups excluding carboxylic acids is 2. The first-order valence-electron chi connectivity index (χ1n) is 6.40. The van der Waals surface area contributed by atoms with Gasteiger partial charge in [0.25, 0.3) is 0 Å². The van der Waals surface area contributed by atoms with Crippen LogP contribution >= 0.6 is 0 Å². The van der Waals surface area contributed by atoms with Crippen LogP contribution in [0.2, 0.25) is 0 Å². The molecule has 0 unspecified atom stereocenters. The predicted molar refractivity (Wildman–Crippen MR) is 70.4 cm³/mol. The summed E-state index contributed by atoms with van der Waals surface area (Å²) in [6.45, 7) is 2.54. The number of amides is 2. The zero-order chi connectivity index (χ0) is 15.4. The minimum atomic E-state index is -0.915. The Hall–Kier alpha value is -1.83. The lowest BCUT2D eigenvalue weighted by molar-refractivity contribution is -0.143. The summed E-state index contributed by atoms with van der Waals surface area (Å²) in [7, 11) is 1.49. The van der Waals surface area contributed by atoms with E-state index in [1.807, 2.05) is 0 Å². The van der Waals surface area contributed by atoms with Gasteiger partial charge >= 0.3 is 18.0 Å². The summed E-state index contributed by atoms with van der Waals surface area (Å²) in [5.41, 5.74) is 0. The fourth-order valence-corrected chi connectivity index (χ4v) is 1.36. The second kappa shape index (κ2) is 11.0. The molecule has 0 aromatic rings. The summed E-state index contributed by atoms with van der Waals surface area (Å²) in [5.74, 6) is -1.41. The molecule has 2 amide bonds. The number of carboxylic acids is 1. The first-order valence-corrected chi connectivity index (χ1v) is 6.40. The SMILES string of the molecule is CCOC(=O)CN(CCOC)C(=O)NCCCC(=O)O. The van der Waals surface area contributed by atoms with E-state index in [0.717, 1.165) is 0 Å². The van der Waals surface area contributed by atoms with E-state index in [9.17, 15) is 14.4 Å². The maximum Gasteiger partial charge on any atom is 0.325 e. The molecule has 8 nitrogen and oxygen atoms in total. The van der Waals surface area contributed by atoms with E-state index in [0.29, 0.717) is 13.0 Å². The van der Waals surface area contributed by atoms with Gasteiger partial charge in [-0.2, -0.15) is 0 Å². The van der Waals surface area contributed by atoms with Crippen LogP contribution in [-0.4, -0.2) is 67.9 Å². The molecule has 0 atom stereocenters. The fraction of sp³-hybridized carbons (Fsp3) is 0.750. The molecular weight excluding hydrogens is 268 g/mol. The Morgan fingerprint density at radius 3 is 2.55 bits per heavy atom. The van der Waals surface area contributed by atoms with Crippen molar-refractivity contribution in [3.05, 3.63) is 0 Å². The number of ether oxygens (including phenoxy) is 2. The minimum Gasteiger partial charge on any atom is -0.481 e. The molecule has 0 aromatic heterocycles. The van der Waals surface area contributed by atoms with Crippen LogP contribution < -0.4 is 5.32 Å². The molecule has 0 aliphatic carbocycles. The summed E-state index contributed by atoms with van der Waals surface area (Å²) in [6.07, 6.45) is 0.314. The molecule has 0 heterocycles. The van der Waals surface area contributed by atoms with E-state index in [2.05, 4.69) is 5.32 Å². The summed E-state index contributed by atoms with van der Waals surface area (Å²) in [6, 6.07) is -0.444. The molecule has 0 spiro atoms. The zero-order valence-corrected chi connectivity index (χ0v) is 11.9. The summed E-state index contributed by atoms with van der Waals surface area (Å²) < 4.78 is 9.65. The quantitative estimate of drug-likeness (QED) is 0.436. The number of carboxylic acid groups (broad SMARTS) is 1. The van der Waals surface area contributed by atoms with Crippen molar-refractivity contribution in [1.82, 2.24) is 10.2 Å². The highest BCUT2D eigenvalue weighted by Gasteiger charge is 2.17. The maximum atomic E-state index is 11.8. The second-order valence-electron chi connectivity index (χ2n) is 3.95. The minimum absolute atomic E-state index is 0.0176. The number of esters is 1. The number of hydrogen-bond acceptors (Lipinski definition) is 5. The Labute approximate surface area is 118 Å². The molecule has 0 rings (SSSR count). The molecular formula is C12H22N2O6. The van der Waals surface area contributed by atoms with Crippen molar-refractivity contribution in [2.45, 2.75) is 19.8 Å². The van der Waals surface area contributed by atoms with Gasteiger partial charge in [-0.25, -0.2) is 4.79 Å². The Morgan fingerprint density at radius 1 is 1.30 bits per heavy atom. The Bertz CT molecular complexity index is 321. The predicted octanol–water partition coefficient (Wildman–Crippen LogP) is 0.0723. The molecule has 0 radical (unpaired) electrons. The highest BCUT2D eigenvalue weighted by Crippen LogP contribution is 1.94. The van der Waals surface area contributed by atoms with Crippen LogP contribution in [0.15, 0.2) is 0 Å². The maximum absolute atomic E-state index is 11.8. The molecule has 0 bridgehead atoms. The molecule has 116 valence electrons. The van der Waals surface area contributed by atoms with Crippen molar-refractivity contribution < 1.29 is 29.0 Å². The number of urea groups is 1. The van der Waals surface area contributed by atoms with Crippen LogP contribution in [0.3, 0.4) is 0 Å². The number of methoxy groups -OCH3 is 1. The highest BCUT2D eigenvalue weighted by atomic mass is 16.5. The lowest BCUT2D eigenvalue weighted by atomic mass is 10.3. The molecule has 0 aromatic carbocycles. The second-order valence-corrected chi connectivity index (χ2v) is 3.95. The van der Waals surface area contributed by atoms with Crippen LogP contribution in [0.25, 0.3) is 0 Å². The van der Waals surface area contributed by atoms with E-state index in [1.165, 1.54) is 12.0 Å². The Balaban J connectivity index is 4.19. The first-order chi connectivity index (χ1) is 9.51. The standard InChI is InChI=1S/C12H22N2O6/c1-3-20-11(17)9-14(7-8-19-2)12(18)13-6-4-5-10(15)16/h3-9H2,1-2H3,(H,13,18)(H,15,16). The van der Waals surface area contributed by atoms with Gasteiger partial charge in [0.15, 0.2) is 0 Å². The monoisotopic (exact) mass is 290 g/mol. The average Bonchev–Trinajstić information content (AvgIpc) is 2.39. The van der Waals surface area contributed by atoms with Crippen molar-refractivity contribution in [3.63, 3.8) is 0 Å². The number of nitrogens with zero attached hydrogens (tertiary/aromatic N) is 1. The van der Waals surface area contributed by atoms with Crippen molar-refractivity contribution in [1.29, 1.82) is 0 Å². The van der Waals surface area contributed by atoms with Crippen molar-refractivity contribution in [3.8, 4) is 0 Å². The number of rotatable bonds is 10. The largest absolute Gasteiger partial charge is 0.481 e. The Morgan fingerprint density at radius 2 is 2.00 bits per heavy atom. The molecule has 0 saturated heterocycles. The van der Waals surface area contributed by atoms with Crippen LogP contribution in [-0.2, 0) is 19.1 Å². The van der Waals surface area contributed by atoms with Gasteiger partial charge in [0.1, 0.15) is 6.54 Å². The lowest BCUT2D eigenvalue weighted by Crippen LogP contribution is -2.45. The van der Waals surface area contributed by atoms with Crippen molar-refractivity contribution in [2.24, 2.45) is 0 Å². The van der Waals surface area contributed by atoms with Gasteiger partial charge in [-0.05, 0) is 13.3 Å². The van der Waals surface area contributed by atoms with Crippen LogP contribution in [0.4, 0.5) is 4.79 Å². The first kappa shape index (κ1) is 18.2. The van der Waals surface area contributed by atoms with E-state index in [1.54, 1.807) is 6.92 Å². The Kier molecular flexibility index (Phi) is 10.0. The molecule has 20 heavy (non-hydrogen) atoms. The van der Waals surface area contributed by atoms with Crippen LogP contribution in [0, 0.1) is 0 Å². The molecule has 8 heteroatoms. The normalized spacial score (nSPS) is 9.90. The smallest absolute Gasteiger partial charge is 0.325 e. The fourth-order valence-electron chi connectivity index (χ4n) is 1.36. The van der Waals surface area contributed by atoms with E-state index in [-0.39, 0.29) is 32.7 Å². The topological polar surface area (TPSA) is 105 Å². The van der Waals surface area contributed by atoms with Gasteiger partial charge < -0.3 is 24.8 Å². The molecule has 0 aliphatic heterocycles. The van der Waals surface area contributed by atoms with Gasteiger partial charge in [-0.1, -0.05) is 0 Å². The van der Waals surface area contributed by atoms with Gasteiger partial charge in [-0.3, -0.25) is 9.59 Å². The molecule has 0 fully saturated rings. The molecule has 2 N–H and O–H groups in total. The third kappa shape index (κ3) is 9.15. The van der Waals surface area contributed by atoms with Crippen molar-refractivity contribution >= 4 is 18.0 Å². The van der Waals surface area contributed by atoms with Crippen LogP contribution in [0.5, 0.6) is 0 Å². The zero-order valence-electron chi connectivity index (χ0n) is 11.9. The third-order valence-electron chi connectivity index (χ3n) is 2.32. The van der Waals surface area contributed by atoms with Gasteiger partial charge in [-0.15, -0.1) is 0 Å². The van der Waals surface area contributed by atoms with E-state index < -0.39 is 18.0 Å². The third-order valence-corrected chi connectivity index (χ3v) is 2.32. The number of carbonyl (C=O) groups is 3. The highest BCUT2D eigenvalue weighted by molar-refractivity contribution is 5.81. The van der Waals surface area contributed by atoms with Gasteiger partial charge in [0, 0.05) is 26.6 Å². The number of nitrogens with one attached hydrogen (secondary N) is 1. The molecule has 0 saturated carbocycles. The van der Waals surface area contributed by atoms with E-state index in [4.69, 9.17) is 14.6 Å². The summed E-state index contributed by atoms with van der Waals surface area (Å²) in [5, 5.41) is 11.0. The van der Waals surface area contributed by atoms with Gasteiger partial charge in [0.05, 0.1) is 13.2 Å². The number of aliphatic carboxylic acids is 1. The lowest BCUT2D eigenvalue weighted by Gasteiger charge is -2.21. The van der Waals surface area contributed by atoms with Crippen LogP contribution in [0.1, 0.15) is 19.8 Å². The summed E-state index contributed by atoms with van der Waals surface area (Å²) >= 11 is 0. The summed E-state index contributed by atoms with van der Waals surface area (Å²) in [4.78, 5) is 34.8. The number of hydrogen-bond donors (Lipinski definition) is 2.